The van der Waals surface area contributed by atoms with Gasteiger partial charge in [0.15, 0.2) is 11.9 Å². The Morgan fingerprint density at radius 2 is 1.69 bits per heavy atom. The van der Waals surface area contributed by atoms with Crippen molar-refractivity contribution in [1.29, 1.82) is 0 Å². The number of hydrogen-bond acceptors (Lipinski definition) is 5. The molecule has 0 aliphatic heterocycles. The topological polar surface area (TPSA) is 72.9 Å². The van der Waals surface area contributed by atoms with Crippen LogP contribution in [-0.2, 0) is 19.3 Å². The van der Waals surface area contributed by atoms with Gasteiger partial charge in [-0.15, -0.1) is 16.4 Å². The minimum atomic E-state index is -4.97. The summed E-state index contributed by atoms with van der Waals surface area (Å²) in [4.78, 5) is 17.3. The van der Waals surface area contributed by atoms with Crippen molar-refractivity contribution < 1.29 is 31.4 Å². The number of thiazole rings is 1. The molecule has 2 aromatic heterocycles. The van der Waals surface area contributed by atoms with Crippen LogP contribution in [0.15, 0.2) is 59.5 Å². The predicted molar refractivity (Wildman–Crippen MR) is 121 cm³/mol. The first-order valence-electron chi connectivity index (χ1n) is 10.1. The van der Waals surface area contributed by atoms with Crippen LogP contribution in [0.4, 0.5) is 26.3 Å². The molecule has 1 unspecified atom stereocenters. The first-order valence-corrected chi connectivity index (χ1v) is 11.3. The Balaban J connectivity index is 1.71. The summed E-state index contributed by atoms with van der Waals surface area (Å²) < 4.78 is 80.6. The van der Waals surface area contributed by atoms with Crippen LogP contribution in [-0.4, -0.2) is 36.7 Å². The Kier molecular flexibility index (Phi) is 6.99. The third kappa shape index (κ3) is 5.47. The summed E-state index contributed by atoms with van der Waals surface area (Å²) in [5.41, 5.74) is -1.70. The van der Waals surface area contributed by atoms with Crippen LogP contribution < -0.4 is 5.69 Å². The van der Waals surface area contributed by atoms with E-state index in [0.717, 1.165) is 22.1 Å². The summed E-state index contributed by atoms with van der Waals surface area (Å²) in [6.07, 6.45) is -11.1. The normalized spacial score (nSPS) is 13.2. The fourth-order valence-electron chi connectivity index (χ4n) is 3.37. The zero-order valence-corrected chi connectivity index (χ0v) is 19.5. The molecule has 0 aliphatic rings. The molecule has 14 heteroatoms. The van der Waals surface area contributed by atoms with Crippen molar-refractivity contribution in [3.8, 4) is 22.0 Å². The van der Waals surface area contributed by atoms with Crippen molar-refractivity contribution in [3.05, 3.63) is 80.7 Å². The lowest BCUT2D eigenvalue weighted by molar-refractivity contribution is -0.207. The van der Waals surface area contributed by atoms with Crippen molar-refractivity contribution in [1.82, 2.24) is 19.3 Å². The van der Waals surface area contributed by atoms with Crippen molar-refractivity contribution in [3.63, 3.8) is 0 Å². The summed E-state index contributed by atoms with van der Waals surface area (Å²) in [6.45, 7) is -1.37. The molecule has 0 radical (unpaired) electrons. The first kappa shape index (κ1) is 25.9. The zero-order valence-electron chi connectivity index (χ0n) is 17.9. The van der Waals surface area contributed by atoms with Gasteiger partial charge < -0.3 is 5.11 Å². The lowest BCUT2D eigenvalue weighted by Gasteiger charge is -2.15. The van der Waals surface area contributed by atoms with E-state index in [2.05, 4.69) is 10.1 Å². The van der Waals surface area contributed by atoms with Gasteiger partial charge in [0.2, 0.25) is 0 Å². The third-order valence-electron chi connectivity index (χ3n) is 5.08. The number of rotatable bonds is 6. The molecule has 1 N–H and O–H groups in total. The lowest BCUT2D eigenvalue weighted by Crippen LogP contribution is -2.37. The molecule has 0 aliphatic carbocycles. The molecule has 0 bridgehead atoms. The molecule has 1 atom stereocenters. The van der Waals surface area contributed by atoms with Crippen LogP contribution in [0.3, 0.4) is 0 Å². The number of aliphatic hydroxyl groups excluding tert-OH is 1. The summed E-state index contributed by atoms with van der Waals surface area (Å²) in [5.74, 6) is -0.146. The van der Waals surface area contributed by atoms with E-state index in [0.29, 0.717) is 14.5 Å². The van der Waals surface area contributed by atoms with Gasteiger partial charge in [-0.05, 0) is 30.3 Å². The molecule has 6 nitrogen and oxygen atoms in total. The highest BCUT2D eigenvalue weighted by Gasteiger charge is 2.39. The Labute approximate surface area is 208 Å². The van der Waals surface area contributed by atoms with Crippen LogP contribution in [0.5, 0.6) is 0 Å². The lowest BCUT2D eigenvalue weighted by atomic mass is 10.1. The maximum atomic E-state index is 13.4. The first-order chi connectivity index (χ1) is 16.8. The average molecular weight is 549 g/mol. The molecule has 0 amide bonds. The standard InChI is InChI=1S/C22H15ClF6N4O2S/c23-13-7-5-12(6-8-13)18-31-33(20(35)32(18)11-17(34)22(27,28)29)10-14-9-30-19(36-14)15-3-1-2-4-16(15)21(24,25)26/h1-9,17,34H,10-11H2. The van der Waals surface area contributed by atoms with Crippen molar-refractivity contribution in [2.45, 2.75) is 31.5 Å². The van der Waals surface area contributed by atoms with Gasteiger partial charge in [-0.3, -0.25) is 4.57 Å². The summed E-state index contributed by atoms with van der Waals surface area (Å²) in [6, 6.07) is 10.7. The molecular weight excluding hydrogens is 534 g/mol. The Morgan fingerprint density at radius 1 is 1.03 bits per heavy atom. The van der Waals surface area contributed by atoms with Crippen molar-refractivity contribution in [2.24, 2.45) is 0 Å². The van der Waals surface area contributed by atoms with E-state index in [1.807, 2.05) is 0 Å². The van der Waals surface area contributed by atoms with Crippen molar-refractivity contribution >= 4 is 22.9 Å². The molecule has 0 spiro atoms. The largest absolute Gasteiger partial charge is 0.417 e. The number of aromatic nitrogens is 4. The van der Waals surface area contributed by atoms with E-state index in [9.17, 15) is 36.2 Å². The summed E-state index contributed by atoms with van der Waals surface area (Å²) in [7, 11) is 0. The van der Waals surface area contributed by atoms with Gasteiger partial charge in [-0.1, -0.05) is 29.8 Å². The monoisotopic (exact) mass is 548 g/mol. The fraction of sp³-hybridized carbons (Fsp3) is 0.227. The average Bonchev–Trinajstić information content (AvgIpc) is 3.39. The highest BCUT2D eigenvalue weighted by Crippen LogP contribution is 2.38. The minimum absolute atomic E-state index is 0.0517. The molecule has 36 heavy (non-hydrogen) atoms. The van der Waals surface area contributed by atoms with E-state index < -0.39 is 36.3 Å². The van der Waals surface area contributed by atoms with E-state index in [1.54, 1.807) is 0 Å². The predicted octanol–water partition coefficient (Wildman–Crippen LogP) is 5.48. The number of halogens is 7. The van der Waals surface area contributed by atoms with Gasteiger partial charge in [0.25, 0.3) is 0 Å². The Bertz CT molecular complexity index is 1430. The zero-order chi connectivity index (χ0) is 26.3. The molecule has 0 saturated carbocycles. The third-order valence-corrected chi connectivity index (χ3v) is 6.35. The van der Waals surface area contributed by atoms with Crippen LogP contribution in [0.25, 0.3) is 22.0 Å². The molecule has 0 fully saturated rings. The van der Waals surface area contributed by atoms with Gasteiger partial charge in [0.05, 0.1) is 18.7 Å². The Hall–Kier alpha value is -3.16. The highest BCUT2D eigenvalue weighted by molar-refractivity contribution is 7.15. The van der Waals surface area contributed by atoms with Gasteiger partial charge in [-0.2, -0.15) is 26.3 Å². The van der Waals surface area contributed by atoms with Gasteiger partial charge >= 0.3 is 18.0 Å². The molecule has 2 heterocycles. The molecule has 4 rings (SSSR count). The van der Waals surface area contributed by atoms with Crippen LogP contribution in [0.2, 0.25) is 5.02 Å². The molecule has 190 valence electrons. The number of nitrogens with zero attached hydrogens (tertiary/aromatic N) is 4. The van der Waals surface area contributed by atoms with E-state index in [4.69, 9.17) is 11.6 Å². The Morgan fingerprint density at radius 3 is 2.33 bits per heavy atom. The smallest absolute Gasteiger partial charge is 0.382 e. The van der Waals surface area contributed by atoms with Gasteiger partial charge in [-0.25, -0.2) is 14.5 Å². The highest BCUT2D eigenvalue weighted by atomic mass is 35.5. The van der Waals surface area contributed by atoms with Crippen LogP contribution in [0.1, 0.15) is 10.4 Å². The van der Waals surface area contributed by atoms with Crippen molar-refractivity contribution in [2.75, 3.05) is 0 Å². The second-order valence-corrected chi connectivity index (χ2v) is 9.17. The SMILES string of the molecule is O=c1n(Cc2cnc(-c3ccccc3C(F)(F)F)s2)nc(-c2ccc(Cl)cc2)n1CC(O)C(F)(F)F. The summed E-state index contributed by atoms with van der Waals surface area (Å²) >= 11 is 6.74. The summed E-state index contributed by atoms with van der Waals surface area (Å²) in [5, 5.41) is 14.1. The van der Waals surface area contributed by atoms with Crippen LogP contribution in [0, 0.1) is 0 Å². The number of alkyl halides is 6. The number of hydrogen-bond donors (Lipinski definition) is 1. The minimum Gasteiger partial charge on any atom is -0.382 e. The maximum absolute atomic E-state index is 13.4. The van der Waals surface area contributed by atoms with Gasteiger partial charge in [0, 0.05) is 27.2 Å². The van der Waals surface area contributed by atoms with Gasteiger partial charge in [0.1, 0.15) is 5.01 Å². The van der Waals surface area contributed by atoms with E-state index in [1.165, 1.54) is 48.7 Å². The van der Waals surface area contributed by atoms with E-state index >= 15 is 0 Å². The fourth-order valence-corrected chi connectivity index (χ4v) is 4.43. The second kappa shape index (κ2) is 9.71. The maximum Gasteiger partial charge on any atom is 0.417 e. The van der Waals surface area contributed by atoms with E-state index in [-0.39, 0.29) is 28.5 Å². The molecule has 0 saturated heterocycles. The quantitative estimate of drug-likeness (QED) is 0.324. The molecule has 4 aromatic rings. The molecular formula is C22H15ClF6N4O2S. The van der Waals surface area contributed by atoms with Crippen LogP contribution >= 0.6 is 22.9 Å². The molecule has 2 aromatic carbocycles. The number of aliphatic hydroxyl groups is 1. The second-order valence-electron chi connectivity index (χ2n) is 7.61. The number of benzene rings is 2.